The molecule has 1 heterocycles. The van der Waals surface area contributed by atoms with Crippen molar-refractivity contribution in [3.63, 3.8) is 0 Å². The fourth-order valence-corrected chi connectivity index (χ4v) is 1.36. The van der Waals surface area contributed by atoms with E-state index in [1.807, 2.05) is 12.3 Å². The first kappa shape index (κ1) is 11.1. The van der Waals surface area contributed by atoms with Crippen LogP contribution in [0.2, 0.25) is 0 Å². The third-order valence-electron chi connectivity index (χ3n) is 0.962. The Morgan fingerprint density at radius 2 is 2.45 bits per heavy atom. The van der Waals surface area contributed by atoms with Gasteiger partial charge in [-0.15, -0.1) is 11.3 Å². The van der Waals surface area contributed by atoms with Gasteiger partial charge in [-0.1, -0.05) is 0 Å². The van der Waals surface area contributed by atoms with Crippen molar-refractivity contribution < 1.29 is 9.90 Å². The molecule has 0 aliphatic rings. The van der Waals surface area contributed by atoms with E-state index in [2.05, 4.69) is 4.98 Å². The van der Waals surface area contributed by atoms with Crippen molar-refractivity contribution in [1.82, 2.24) is 4.98 Å². The van der Waals surface area contributed by atoms with Gasteiger partial charge in [0.1, 0.15) is 0 Å². The van der Waals surface area contributed by atoms with E-state index in [4.69, 9.17) is 0 Å². The minimum absolute atomic E-state index is 0. The molecule has 0 bridgehead atoms. The van der Waals surface area contributed by atoms with Crippen LogP contribution in [0.1, 0.15) is 10.7 Å². The summed E-state index contributed by atoms with van der Waals surface area (Å²) in [6, 6.07) is 0. The molecule has 1 rings (SSSR count). The monoisotopic (exact) mass is 179 g/mol. The van der Waals surface area contributed by atoms with Crippen molar-refractivity contribution in [3.8, 4) is 0 Å². The Labute approximate surface area is 90.8 Å². The zero-order chi connectivity index (χ0) is 7.56. The molecule has 0 fully saturated rings. The van der Waals surface area contributed by atoms with Gasteiger partial charge in [0.05, 0.1) is 5.01 Å². The smallest absolute Gasteiger partial charge is 0.0984 e. The number of carbonyl (C=O) groups is 1. The SMILES string of the molecule is Cc1csc(CC(=O)[O-])n1.[Na]. The molecule has 0 aliphatic carbocycles. The molecule has 0 spiro atoms. The van der Waals surface area contributed by atoms with E-state index in [1.54, 1.807) is 0 Å². The third-order valence-corrected chi connectivity index (χ3v) is 1.93. The summed E-state index contributed by atoms with van der Waals surface area (Å²) in [4.78, 5) is 14.0. The Balaban J connectivity index is 0.000001000. The maximum Gasteiger partial charge on any atom is 0.0984 e. The molecule has 0 saturated carbocycles. The molecule has 11 heavy (non-hydrogen) atoms. The quantitative estimate of drug-likeness (QED) is 0.567. The Morgan fingerprint density at radius 1 is 1.82 bits per heavy atom. The number of aromatic nitrogens is 1. The molecule has 0 N–H and O–H groups in total. The van der Waals surface area contributed by atoms with Gasteiger partial charge in [0.2, 0.25) is 0 Å². The fraction of sp³-hybridized carbons (Fsp3) is 0.333. The van der Waals surface area contributed by atoms with Crippen molar-refractivity contribution in [3.05, 3.63) is 16.1 Å². The second-order valence-corrected chi connectivity index (χ2v) is 2.87. The molecule has 0 amide bonds. The summed E-state index contributed by atoms with van der Waals surface area (Å²) in [5, 5.41) is 12.5. The molecule has 1 radical (unpaired) electrons. The minimum Gasteiger partial charge on any atom is -0.550 e. The molecule has 0 aliphatic heterocycles. The summed E-state index contributed by atoms with van der Waals surface area (Å²) in [6.07, 6.45) is -0.0709. The number of hydrogen-bond acceptors (Lipinski definition) is 4. The summed E-state index contributed by atoms with van der Waals surface area (Å²) >= 11 is 1.35. The minimum atomic E-state index is -1.07. The first-order chi connectivity index (χ1) is 4.68. The molecular weight excluding hydrogens is 173 g/mol. The molecule has 55 valence electrons. The topological polar surface area (TPSA) is 53.0 Å². The van der Waals surface area contributed by atoms with Crippen molar-refractivity contribution in [2.45, 2.75) is 13.3 Å². The van der Waals surface area contributed by atoms with Crippen molar-refractivity contribution in [1.29, 1.82) is 0 Å². The van der Waals surface area contributed by atoms with E-state index < -0.39 is 5.97 Å². The van der Waals surface area contributed by atoms with Crippen LogP contribution in [-0.2, 0) is 11.2 Å². The van der Waals surface area contributed by atoms with E-state index >= 15 is 0 Å². The number of hydrogen-bond donors (Lipinski definition) is 0. The Bertz CT molecular complexity index is 248. The van der Waals surface area contributed by atoms with E-state index in [0.29, 0.717) is 5.01 Å². The van der Waals surface area contributed by atoms with Crippen LogP contribution in [0.15, 0.2) is 5.38 Å². The average molecular weight is 179 g/mol. The van der Waals surface area contributed by atoms with Gasteiger partial charge in [0.25, 0.3) is 0 Å². The van der Waals surface area contributed by atoms with Gasteiger partial charge in [0, 0.05) is 53.0 Å². The van der Waals surface area contributed by atoms with Crippen LogP contribution in [-0.4, -0.2) is 40.5 Å². The van der Waals surface area contributed by atoms with Gasteiger partial charge in [-0.25, -0.2) is 4.98 Å². The van der Waals surface area contributed by atoms with E-state index in [9.17, 15) is 9.90 Å². The van der Waals surface area contributed by atoms with E-state index in [0.717, 1.165) is 5.69 Å². The number of aryl methyl sites for hydroxylation is 1. The van der Waals surface area contributed by atoms with Crippen LogP contribution in [0.3, 0.4) is 0 Å². The second-order valence-electron chi connectivity index (χ2n) is 1.93. The normalized spacial score (nSPS) is 8.82. The summed E-state index contributed by atoms with van der Waals surface area (Å²) in [5.74, 6) is -1.07. The van der Waals surface area contributed by atoms with E-state index in [1.165, 1.54) is 11.3 Å². The Hall–Kier alpha value is 0.100. The predicted octanol–water partition coefficient (Wildman–Crippen LogP) is -0.637. The summed E-state index contributed by atoms with van der Waals surface area (Å²) in [7, 11) is 0. The number of thiazole rings is 1. The fourth-order valence-electron chi connectivity index (χ4n) is 0.607. The van der Waals surface area contributed by atoms with Gasteiger partial charge in [-0.2, -0.15) is 0 Å². The van der Waals surface area contributed by atoms with Crippen molar-refractivity contribution in [2.75, 3.05) is 0 Å². The van der Waals surface area contributed by atoms with Crippen molar-refractivity contribution in [2.24, 2.45) is 0 Å². The van der Waals surface area contributed by atoms with Crippen LogP contribution in [0.4, 0.5) is 0 Å². The number of nitrogens with zero attached hydrogens (tertiary/aromatic N) is 1. The zero-order valence-electron chi connectivity index (χ0n) is 6.46. The van der Waals surface area contributed by atoms with Crippen LogP contribution in [0.25, 0.3) is 0 Å². The number of rotatable bonds is 2. The third kappa shape index (κ3) is 3.86. The Morgan fingerprint density at radius 3 is 2.82 bits per heavy atom. The molecule has 0 unspecified atom stereocenters. The Kier molecular flexibility index (Phi) is 4.92. The van der Waals surface area contributed by atoms with Crippen LogP contribution >= 0.6 is 11.3 Å². The molecule has 0 aromatic carbocycles. The van der Waals surface area contributed by atoms with Gasteiger partial charge >= 0.3 is 0 Å². The van der Waals surface area contributed by atoms with Crippen LogP contribution in [0.5, 0.6) is 0 Å². The van der Waals surface area contributed by atoms with Crippen LogP contribution < -0.4 is 5.11 Å². The number of carboxylic acids is 1. The van der Waals surface area contributed by atoms with E-state index in [-0.39, 0.29) is 36.0 Å². The molecule has 0 saturated heterocycles. The molecule has 3 nitrogen and oxygen atoms in total. The first-order valence-corrected chi connectivity index (χ1v) is 3.67. The van der Waals surface area contributed by atoms with Gasteiger partial charge < -0.3 is 9.90 Å². The standard InChI is InChI=1S/C6H7NO2S.Na/c1-4-3-10-5(7-4)2-6(8)9;/h3H,2H2,1H3,(H,8,9);/p-1. The summed E-state index contributed by atoms with van der Waals surface area (Å²) in [6.45, 7) is 1.83. The van der Waals surface area contributed by atoms with Crippen LogP contribution in [0, 0.1) is 6.92 Å². The maximum absolute atomic E-state index is 10.0. The van der Waals surface area contributed by atoms with Gasteiger partial charge in [-0.3, -0.25) is 0 Å². The summed E-state index contributed by atoms with van der Waals surface area (Å²) < 4.78 is 0. The molecule has 5 heteroatoms. The second kappa shape index (κ2) is 4.87. The molecule has 0 atom stereocenters. The first-order valence-electron chi connectivity index (χ1n) is 2.79. The molecule has 1 aromatic rings. The number of carbonyl (C=O) groups excluding carboxylic acids is 1. The zero-order valence-corrected chi connectivity index (χ0v) is 9.27. The maximum atomic E-state index is 10.0. The predicted molar refractivity (Wildman–Crippen MR) is 41.3 cm³/mol. The number of aliphatic carboxylic acids is 1. The van der Waals surface area contributed by atoms with Crippen molar-refractivity contribution >= 4 is 46.9 Å². The average Bonchev–Trinajstić information content (AvgIpc) is 2.13. The summed E-state index contributed by atoms with van der Waals surface area (Å²) in [5.41, 5.74) is 0.862. The molecular formula is C6H6NNaO2S-. The van der Waals surface area contributed by atoms with Gasteiger partial charge in [-0.05, 0) is 6.92 Å². The molecule has 1 aromatic heterocycles. The largest absolute Gasteiger partial charge is 0.550 e. The number of carboxylic acid groups (broad SMARTS) is 1. The van der Waals surface area contributed by atoms with Gasteiger partial charge in [0.15, 0.2) is 0 Å².